The van der Waals surface area contributed by atoms with E-state index in [1.165, 1.54) is 32.4 Å². The lowest BCUT2D eigenvalue weighted by Crippen LogP contribution is -2.26. The molecule has 0 amide bonds. The van der Waals surface area contributed by atoms with Gasteiger partial charge in [-0.1, -0.05) is 24.3 Å². The molecule has 0 unspecified atom stereocenters. The van der Waals surface area contributed by atoms with Gasteiger partial charge in [-0.3, -0.25) is 4.79 Å². The molecule has 0 saturated heterocycles. The molecule has 0 fully saturated rings. The van der Waals surface area contributed by atoms with Gasteiger partial charge in [0.1, 0.15) is 0 Å². The monoisotopic (exact) mass is 617 g/mol. The van der Waals surface area contributed by atoms with Gasteiger partial charge < -0.3 is 14.2 Å². The first kappa shape index (κ1) is 28.8. The number of alkyl halides is 3. The molecule has 0 N–H and O–H groups in total. The van der Waals surface area contributed by atoms with Crippen molar-refractivity contribution in [3.05, 3.63) is 86.6 Å². The van der Waals surface area contributed by atoms with Gasteiger partial charge in [-0.15, -0.1) is 0 Å². The summed E-state index contributed by atoms with van der Waals surface area (Å²) < 4.78 is 57.8. The number of carbonyl (C=O) groups is 1. The van der Waals surface area contributed by atoms with Gasteiger partial charge in [0.15, 0.2) is 23.4 Å². The zero-order chi connectivity index (χ0) is 29.0. The van der Waals surface area contributed by atoms with Gasteiger partial charge in [-0.05, 0) is 71.7 Å². The molecule has 0 aliphatic carbocycles. The van der Waals surface area contributed by atoms with Gasteiger partial charge in [-0.2, -0.15) is 22.9 Å². The third kappa shape index (κ3) is 6.17. The third-order valence-electron chi connectivity index (χ3n) is 5.69. The molecule has 1 aromatic heterocycles. The van der Waals surface area contributed by atoms with Crippen molar-refractivity contribution < 1.29 is 32.2 Å². The summed E-state index contributed by atoms with van der Waals surface area (Å²) in [6.45, 7) is 3.42. The lowest BCUT2D eigenvalue weighted by molar-refractivity contribution is -0.150. The zero-order valence-electron chi connectivity index (χ0n) is 21.5. The fraction of sp³-hybridized carbons (Fsp3) is 0.214. The predicted octanol–water partition coefficient (Wildman–Crippen LogP) is 6.07. The van der Waals surface area contributed by atoms with Crippen molar-refractivity contribution in [1.29, 1.82) is 0 Å². The van der Waals surface area contributed by atoms with E-state index in [4.69, 9.17) is 14.2 Å². The lowest BCUT2D eigenvalue weighted by atomic mass is 10.1. The minimum absolute atomic E-state index is 0.0605. The summed E-state index contributed by atoms with van der Waals surface area (Å²) >= 11 is 3.40. The van der Waals surface area contributed by atoms with Gasteiger partial charge in [-0.25, -0.2) is 9.78 Å². The van der Waals surface area contributed by atoms with Crippen molar-refractivity contribution >= 4 is 39.0 Å². The number of rotatable bonds is 8. The van der Waals surface area contributed by atoms with E-state index in [-0.39, 0.29) is 34.9 Å². The molecule has 8 nitrogen and oxygen atoms in total. The van der Waals surface area contributed by atoms with Crippen molar-refractivity contribution in [2.24, 2.45) is 5.10 Å². The van der Waals surface area contributed by atoms with Crippen LogP contribution in [-0.2, 0) is 15.7 Å². The molecule has 0 aliphatic heterocycles. The summed E-state index contributed by atoms with van der Waals surface area (Å²) in [5.41, 5.74) is -0.624. The van der Waals surface area contributed by atoms with Crippen LogP contribution in [0.5, 0.6) is 11.5 Å². The molecule has 0 saturated carbocycles. The van der Waals surface area contributed by atoms with Crippen LogP contribution in [0.2, 0.25) is 0 Å². The number of nitrogens with zero attached hydrogens (tertiary/aromatic N) is 3. The number of methoxy groups -OCH3 is 1. The number of benzene rings is 3. The first-order valence-corrected chi connectivity index (χ1v) is 12.8. The Kier molecular flexibility index (Phi) is 8.58. The zero-order valence-corrected chi connectivity index (χ0v) is 23.1. The van der Waals surface area contributed by atoms with E-state index in [9.17, 15) is 22.8 Å². The molecule has 0 spiro atoms. The summed E-state index contributed by atoms with van der Waals surface area (Å²) in [5.74, 6) is -0.115. The molecular weight excluding hydrogens is 595 g/mol. The fourth-order valence-corrected chi connectivity index (χ4v) is 4.34. The Morgan fingerprint density at radius 1 is 1.15 bits per heavy atom. The Bertz CT molecular complexity index is 1650. The van der Waals surface area contributed by atoms with E-state index in [0.717, 1.165) is 16.8 Å². The van der Waals surface area contributed by atoms with E-state index in [2.05, 4.69) is 26.0 Å². The number of halogens is 4. The molecule has 0 aliphatic rings. The van der Waals surface area contributed by atoms with Crippen LogP contribution in [0, 0.1) is 0 Å². The maximum Gasteiger partial charge on any atom is 0.416 e. The van der Waals surface area contributed by atoms with Gasteiger partial charge in [0, 0.05) is 5.56 Å². The average Bonchev–Trinajstić information content (AvgIpc) is 2.93. The van der Waals surface area contributed by atoms with Crippen LogP contribution in [0.15, 0.2) is 75.0 Å². The van der Waals surface area contributed by atoms with Crippen LogP contribution in [0.25, 0.3) is 22.3 Å². The van der Waals surface area contributed by atoms with Crippen LogP contribution < -0.4 is 15.0 Å². The molecule has 0 radical (unpaired) electrons. The second-order valence-corrected chi connectivity index (χ2v) is 9.29. The molecule has 0 bridgehead atoms. The van der Waals surface area contributed by atoms with Crippen LogP contribution in [0.4, 0.5) is 13.2 Å². The van der Waals surface area contributed by atoms with Crippen molar-refractivity contribution in [2.45, 2.75) is 26.1 Å². The van der Waals surface area contributed by atoms with E-state index in [1.54, 1.807) is 43.3 Å². The highest BCUT2D eigenvalue weighted by molar-refractivity contribution is 9.10. The molecule has 1 heterocycles. The van der Waals surface area contributed by atoms with Crippen LogP contribution in [0.3, 0.4) is 0 Å². The number of carbonyl (C=O) groups excluding carboxylic acids is 1. The Hall–Kier alpha value is -4.19. The minimum Gasteiger partial charge on any atom is -0.493 e. The summed E-state index contributed by atoms with van der Waals surface area (Å²) in [6.07, 6.45) is -4.17. The maximum atomic E-state index is 13.4. The van der Waals surface area contributed by atoms with Crippen molar-refractivity contribution in [2.75, 3.05) is 13.7 Å². The molecule has 1 atom stereocenters. The maximum absolute atomic E-state index is 13.4. The van der Waals surface area contributed by atoms with E-state index in [0.29, 0.717) is 15.6 Å². The van der Waals surface area contributed by atoms with Crippen LogP contribution in [-0.4, -0.2) is 41.7 Å². The summed E-state index contributed by atoms with van der Waals surface area (Å²) in [7, 11) is 1.41. The Morgan fingerprint density at radius 3 is 2.60 bits per heavy atom. The number of aromatic nitrogens is 2. The standard InChI is InChI=1S/C28H23BrF3N3O5/c1-4-39-27(37)16(2)40-24-21(29)12-17(13-23(24)38-3)15-33-35-25(18-8-7-9-19(14-18)28(30,31)32)34-22-11-6-5-10-20(22)26(35)36/h5-16H,4H2,1-3H3/t16-/m1/s1. The SMILES string of the molecule is CCOC(=O)[C@@H](C)Oc1c(Br)cc(C=Nn2c(-c3cccc(C(F)(F)F)c3)nc3ccccc3c2=O)cc1OC. The second kappa shape index (κ2) is 11.9. The smallest absolute Gasteiger partial charge is 0.416 e. The number of esters is 1. The third-order valence-corrected chi connectivity index (χ3v) is 6.28. The quantitative estimate of drug-likeness (QED) is 0.176. The summed E-state index contributed by atoms with van der Waals surface area (Å²) in [5, 5.41) is 4.54. The highest BCUT2D eigenvalue weighted by Gasteiger charge is 2.31. The van der Waals surface area contributed by atoms with Gasteiger partial charge in [0.2, 0.25) is 0 Å². The molecule has 208 valence electrons. The molecule has 12 heteroatoms. The second-order valence-electron chi connectivity index (χ2n) is 8.44. The minimum atomic E-state index is -4.58. The van der Waals surface area contributed by atoms with E-state index >= 15 is 0 Å². The Balaban J connectivity index is 1.80. The first-order chi connectivity index (χ1) is 19.0. The normalized spacial score (nSPS) is 12.5. The molecule has 4 aromatic rings. The van der Waals surface area contributed by atoms with E-state index in [1.807, 2.05) is 0 Å². The average molecular weight is 618 g/mol. The van der Waals surface area contributed by atoms with Crippen molar-refractivity contribution in [3.8, 4) is 22.9 Å². The predicted molar refractivity (Wildman–Crippen MR) is 147 cm³/mol. The first-order valence-electron chi connectivity index (χ1n) is 12.0. The summed E-state index contributed by atoms with van der Waals surface area (Å²) in [4.78, 5) is 29.9. The van der Waals surface area contributed by atoms with Crippen LogP contribution >= 0.6 is 15.9 Å². The van der Waals surface area contributed by atoms with E-state index < -0.39 is 29.4 Å². The number of para-hydroxylation sites is 1. The topological polar surface area (TPSA) is 92.0 Å². The summed E-state index contributed by atoms with van der Waals surface area (Å²) in [6, 6.07) is 14.2. The molecule has 4 rings (SSSR count). The number of hydrogen-bond acceptors (Lipinski definition) is 7. The van der Waals surface area contributed by atoms with Crippen molar-refractivity contribution in [1.82, 2.24) is 9.66 Å². The highest BCUT2D eigenvalue weighted by Crippen LogP contribution is 2.37. The lowest BCUT2D eigenvalue weighted by Gasteiger charge is -2.17. The molecule has 40 heavy (non-hydrogen) atoms. The molecular formula is C28H23BrF3N3O5. The fourth-order valence-electron chi connectivity index (χ4n) is 3.79. The van der Waals surface area contributed by atoms with Crippen LogP contribution in [0.1, 0.15) is 25.0 Å². The molecule has 3 aromatic carbocycles. The Labute approximate surface area is 235 Å². The van der Waals surface area contributed by atoms with Gasteiger partial charge in [0.05, 0.1) is 40.9 Å². The number of hydrogen-bond donors (Lipinski definition) is 0. The highest BCUT2D eigenvalue weighted by atomic mass is 79.9. The van der Waals surface area contributed by atoms with Gasteiger partial charge >= 0.3 is 12.1 Å². The Morgan fingerprint density at radius 2 is 1.90 bits per heavy atom. The largest absolute Gasteiger partial charge is 0.493 e. The number of ether oxygens (including phenoxy) is 3. The number of fused-ring (bicyclic) bond motifs is 1. The van der Waals surface area contributed by atoms with Crippen molar-refractivity contribution in [3.63, 3.8) is 0 Å². The van der Waals surface area contributed by atoms with Gasteiger partial charge in [0.25, 0.3) is 5.56 Å².